The van der Waals surface area contributed by atoms with Crippen LogP contribution in [0.25, 0.3) is 10.6 Å². The van der Waals surface area contributed by atoms with Gasteiger partial charge < -0.3 is 10.5 Å². The van der Waals surface area contributed by atoms with Gasteiger partial charge in [-0.1, -0.05) is 0 Å². The summed E-state index contributed by atoms with van der Waals surface area (Å²) >= 11 is 1.63. The maximum absolute atomic E-state index is 12.1. The Balaban J connectivity index is 1.86. The van der Waals surface area contributed by atoms with Crippen molar-refractivity contribution in [2.75, 3.05) is 0 Å². The number of nitrogens with two attached hydrogens (primary N) is 1. The topological polar surface area (TPSA) is 48.1 Å². The van der Waals surface area contributed by atoms with E-state index in [1.54, 1.807) is 23.5 Å². The van der Waals surface area contributed by atoms with Gasteiger partial charge in [-0.3, -0.25) is 0 Å². The third-order valence-corrected chi connectivity index (χ3v) is 4.50. The molecule has 1 unspecified atom stereocenters. The van der Waals surface area contributed by atoms with E-state index in [1.165, 1.54) is 17.0 Å². The highest BCUT2D eigenvalue weighted by Crippen LogP contribution is 2.36. The van der Waals surface area contributed by atoms with Gasteiger partial charge in [0.25, 0.3) is 0 Å². The van der Waals surface area contributed by atoms with E-state index in [2.05, 4.69) is 9.72 Å². The van der Waals surface area contributed by atoms with Crippen molar-refractivity contribution < 1.29 is 13.5 Å². The lowest BCUT2D eigenvalue weighted by molar-refractivity contribution is -0.0498. The molecular weight excluding hydrogens is 282 g/mol. The Morgan fingerprint density at radius 2 is 2.05 bits per heavy atom. The third-order valence-electron chi connectivity index (χ3n) is 3.32. The Kier molecular flexibility index (Phi) is 3.67. The molecule has 3 nitrogen and oxygen atoms in total. The first-order chi connectivity index (χ1) is 9.63. The highest BCUT2D eigenvalue weighted by Gasteiger charge is 2.22. The molecule has 2 N–H and O–H groups in total. The SMILES string of the molecule is NC1CCCc2sc(-c3ccc(OC(F)F)cc3)nc21. The second-order valence-electron chi connectivity index (χ2n) is 4.73. The first-order valence-electron chi connectivity index (χ1n) is 6.44. The molecular formula is C14H14F2N2OS. The van der Waals surface area contributed by atoms with Crippen LogP contribution in [0.5, 0.6) is 5.75 Å². The molecule has 1 aliphatic carbocycles. The lowest BCUT2D eigenvalue weighted by Crippen LogP contribution is -2.16. The number of hydrogen-bond donors (Lipinski definition) is 1. The van der Waals surface area contributed by atoms with Crippen LogP contribution >= 0.6 is 11.3 Å². The van der Waals surface area contributed by atoms with Crippen LogP contribution < -0.4 is 10.5 Å². The first kappa shape index (κ1) is 13.5. The number of aryl methyl sites for hydroxylation is 1. The molecule has 0 fully saturated rings. The van der Waals surface area contributed by atoms with E-state index in [0.29, 0.717) is 0 Å². The van der Waals surface area contributed by atoms with Crippen molar-refractivity contribution >= 4 is 11.3 Å². The predicted molar refractivity (Wildman–Crippen MR) is 74.0 cm³/mol. The molecule has 0 amide bonds. The number of thiazole rings is 1. The highest BCUT2D eigenvalue weighted by molar-refractivity contribution is 7.15. The molecule has 0 radical (unpaired) electrons. The van der Waals surface area contributed by atoms with Gasteiger partial charge in [-0.25, -0.2) is 4.98 Å². The summed E-state index contributed by atoms with van der Waals surface area (Å²) in [6, 6.07) is 6.56. The number of hydrogen-bond acceptors (Lipinski definition) is 4. The number of nitrogens with zero attached hydrogens (tertiary/aromatic N) is 1. The van der Waals surface area contributed by atoms with Crippen LogP contribution in [0.1, 0.15) is 29.5 Å². The minimum absolute atomic E-state index is 0.0187. The minimum Gasteiger partial charge on any atom is -0.435 e. The fourth-order valence-electron chi connectivity index (χ4n) is 2.35. The molecule has 6 heteroatoms. The Morgan fingerprint density at radius 1 is 1.30 bits per heavy atom. The van der Waals surface area contributed by atoms with Crippen molar-refractivity contribution in [2.45, 2.75) is 31.9 Å². The average Bonchev–Trinajstić information content (AvgIpc) is 2.84. The molecule has 0 bridgehead atoms. The van der Waals surface area contributed by atoms with Crippen molar-refractivity contribution in [3.63, 3.8) is 0 Å². The highest BCUT2D eigenvalue weighted by atomic mass is 32.1. The summed E-state index contributed by atoms with van der Waals surface area (Å²) in [5.74, 6) is 0.154. The van der Waals surface area contributed by atoms with E-state index in [0.717, 1.165) is 35.5 Å². The average molecular weight is 296 g/mol. The maximum atomic E-state index is 12.1. The lowest BCUT2D eigenvalue weighted by atomic mass is 9.99. The zero-order valence-corrected chi connectivity index (χ0v) is 11.5. The summed E-state index contributed by atoms with van der Waals surface area (Å²) in [4.78, 5) is 5.84. The Labute approximate surface area is 119 Å². The van der Waals surface area contributed by atoms with Crippen molar-refractivity contribution in [3.05, 3.63) is 34.8 Å². The van der Waals surface area contributed by atoms with Gasteiger partial charge in [-0.05, 0) is 43.5 Å². The predicted octanol–water partition coefficient (Wildman–Crippen LogP) is 3.75. The monoisotopic (exact) mass is 296 g/mol. The molecule has 1 heterocycles. The van der Waals surface area contributed by atoms with Crippen LogP contribution in [0.4, 0.5) is 8.78 Å². The summed E-state index contributed by atoms with van der Waals surface area (Å²) in [5.41, 5.74) is 7.95. The molecule has 0 aliphatic heterocycles. The maximum Gasteiger partial charge on any atom is 0.387 e. The molecule has 20 heavy (non-hydrogen) atoms. The molecule has 0 saturated heterocycles. The van der Waals surface area contributed by atoms with Crippen molar-refractivity contribution in [1.29, 1.82) is 0 Å². The van der Waals surface area contributed by atoms with E-state index in [1.807, 2.05) is 0 Å². The zero-order chi connectivity index (χ0) is 14.1. The van der Waals surface area contributed by atoms with E-state index < -0.39 is 6.61 Å². The van der Waals surface area contributed by atoms with Crippen LogP contribution in [0.3, 0.4) is 0 Å². The molecule has 0 saturated carbocycles. The fourth-order valence-corrected chi connectivity index (χ4v) is 3.53. The summed E-state index contributed by atoms with van der Waals surface area (Å²) < 4.78 is 28.5. The van der Waals surface area contributed by atoms with Gasteiger partial charge >= 0.3 is 6.61 Å². The van der Waals surface area contributed by atoms with Gasteiger partial charge in [0.05, 0.1) is 5.69 Å². The van der Waals surface area contributed by atoms with E-state index in [4.69, 9.17) is 5.73 Å². The van der Waals surface area contributed by atoms with E-state index in [-0.39, 0.29) is 11.8 Å². The summed E-state index contributed by atoms with van der Waals surface area (Å²) in [7, 11) is 0. The minimum atomic E-state index is -2.80. The van der Waals surface area contributed by atoms with Crippen LogP contribution in [-0.2, 0) is 6.42 Å². The number of fused-ring (bicyclic) bond motifs is 1. The number of rotatable bonds is 3. The molecule has 3 rings (SSSR count). The number of aromatic nitrogens is 1. The largest absolute Gasteiger partial charge is 0.435 e. The second kappa shape index (κ2) is 5.46. The molecule has 0 spiro atoms. The Bertz CT molecular complexity index is 598. The van der Waals surface area contributed by atoms with E-state index >= 15 is 0 Å². The van der Waals surface area contributed by atoms with Crippen LogP contribution in [0.15, 0.2) is 24.3 Å². The second-order valence-corrected chi connectivity index (χ2v) is 5.81. The molecule has 1 aromatic carbocycles. The van der Waals surface area contributed by atoms with Gasteiger partial charge in [0.15, 0.2) is 0 Å². The van der Waals surface area contributed by atoms with Gasteiger partial charge in [-0.15, -0.1) is 11.3 Å². The van der Waals surface area contributed by atoms with Crippen molar-refractivity contribution in [1.82, 2.24) is 4.98 Å². The molecule has 106 valence electrons. The van der Waals surface area contributed by atoms with Gasteiger partial charge in [0.1, 0.15) is 10.8 Å². The van der Waals surface area contributed by atoms with Gasteiger partial charge in [0, 0.05) is 16.5 Å². The lowest BCUT2D eigenvalue weighted by Gasteiger charge is -2.15. The summed E-state index contributed by atoms with van der Waals surface area (Å²) in [6.07, 6.45) is 3.08. The van der Waals surface area contributed by atoms with Crippen LogP contribution in [0, 0.1) is 0 Å². The molecule has 1 atom stereocenters. The molecule has 1 aromatic heterocycles. The van der Waals surface area contributed by atoms with Crippen LogP contribution in [0.2, 0.25) is 0 Å². The Hall–Kier alpha value is -1.53. The number of benzene rings is 1. The molecule has 1 aliphatic rings. The quantitative estimate of drug-likeness (QED) is 0.938. The number of alkyl halides is 2. The number of ether oxygens (including phenoxy) is 1. The van der Waals surface area contributed by atoms with Crippen molar-refractivity contribution in [2.24, 2.45) is 5.73 Å². The third kappa shape index (κ3) is 2.66. The zero-order valence-electron chi connectivity index (χ0n) is 10.7. The van der Waals surface area contributed by atoms with Gasteiger partial charge in [0.2, 0.25) is 0 Å². The Morgan fingerprint density at radius 3 is 2.70 bits per heavy atom. The van der Waals surface area contributed by atoms with Crippen LogP contribution in [-0.4, -0.2) is 11.6 Å². The fraction of sp³-hybridized carbons (Fsp3) is 0.357. The standard InChI is InChI=1S/C14H14F2N2OS/c15-14(16)19-9-6-4-8(5-7-9)13-18-12-10(17)2-1-3-11(12)20-13/h4-7,10,14H,1-3,17H2. The van der Waals surface area contributed by atoms with Gasteiger partial charge in [-0.2, -0.15) is 8.78 Å². The summed E-state index contributed by atoms with van der Waals surface area (Å²) in [5, 5.41) is 0.885. The smallest absolute Gasteiger partial charge is 0.387 e. The molecule has 2 aromatic rings. The number of halogens is 2. The van der Waals surface area contributed by atoms with E-state index in [9.17, 15) is 8.78 Å². The normalized spacial score (nSPS) is 18.1. The summed E-state index contributed by atoms with van der Waals surface area (Å²) in [6.45, 7) is -2.80. The first-order valence-corrected chi connectivity index (χ1v) is 7.25. The van der Waals surface area contributed by atoms with Crippen molar-refractivity contribution in [3.8, 4) is 16.3 Å².